The molecule has 1 aliphatic rings. The summed E-state index contributed by atoms with van der Waals surface area (Å²) in [6.07, 6.45) is 1.01. The lowest BCUT2D eigenvalue weighted by molar-refractivity contribution is -0.276. The van der Waals surface area contributed by atoms with Gasteiger partial charge in [0, 0.05) is 6.42 Å². The van der Waals surface area contributed by atoms with Gasteiger partial charge in [-0.15, -0.1) is 6.58 Å². The van der Waals surface area contributed by atoms with Crippen LogP contribution in [0.5, 0.6) is 0 Å². The molecule has 0 bridgehead atoms. The van der Waals surface area contributed by atoms with Crippen molar-refractivity contribution >= 4 is 0 Å². The highest BCUT2D eigenvalue weighted by Gasteiger charge is 2.41. The summed E-state index contributed by atoms with van der Waals surface area (Å²) in [4.78, 5) is 0. The predicted molar refractivity (Wildman–Crippen MR) is 136 cm³/mol. The third-order valence-corrected chi connectivity index (χ3v) is 5.87. The van der Waals surface area contributed by atoms with E-state index in [0.29, 0.717) is 39.5 Å². The summed E-state index contributed by atoms with van der Waals surface area (Å²) in [5.41, 5.74) is 3.32. The van der Waals surface area contributed by atoms with Gasteiger partial charge in [-0.1, -0.05) is 97.1 Å². The lowest BCUT2D eigenvalue weighted by atomic mass is 10.0. The van der Waals surface area contributed by atoms with Crippen LogP contribution in [0.1, 0.15) is 23.1 Å². The molecule has 4 rings (SSSR count). The zero-order valence-corrected chi connectivity index (χ0v) is 20.0. The molecule has 5 heteroatoms. The van der Waals surface area contributed by atoms with Gasteiger partial charge in [-0.25, -0.2) is 0 Å². The smallest absolute Gasteiger partial charge is 0.161 e. The first-order valence-electron chi connectivity index (χ1n) is 12.1. The first kappa shape index (κ1) is 25.3. The minimum Gasteiger partial charge on any atom is -0.374 e. The molecule has 1 fully saturated rings. The van der Waals surface area contributed by atoms with Crippen molar-refractivity contribution < 1.29 is 23.7 Å². The summed E-state index contributed by atoms with van der Waals surface area (Å²) >= 11 is 0. The molecule has 0 radical (unpaired) electrons. The molecule has 0 aromatic heterocycles. The quantitative estimate of drug-likeness (QED) is 0.298. The SMILES string of the molecule is C=CCO[C@H]1C[C@@H](OCc2ccccc2)[C@H](OCc2ccccc2)[C@@H](COCc2ccccc2)O1. The maximum atomic E-state index is 6.43. The molecular weight excluding hydrogens is 440 g/mol. The van der Waals surface area contributed by atoms with Crippen molar-refractivity contribution in [2.24, 2.45) is 0 Å². The normalized spacial score (nSPS) is 22.1. The van der Waals surface area contributed by atoms with Crippen LogP contribution in [0.25, 0.3) is 0 Å². The van der Waals surface area contributed by atoms with E-state index in [0.717, 1.165) is 16.7 Å². The molecule has 3 aromatic rings. The summed E-state index contributed by atoms with van der Waals surface area (Å²) in [5, 5.41) is 0. The summed E-state index contributed by atoms with van der Waals surface area (Å²) in [7, 11) is 0. The van der Waals surface area contributed by atoms with Crippen LogP contribution in [0.2, 0.25) is 0 Å². The molecule has 0 spiro atoms. The highest BCUT2D eigenvalue weighted by molar-refractivity contribution is 5.15. The van der Waals surface area contributed by atoms with Gasteiger partial charge in [-0.2, -0.15) is 0 Å². The maximum Gasteiger partial charge on any atom is 0.161 e. The molecule has 0 amide bonds. The van der Waals surface area contributed by atoms with Gasteiger partial charge in [0.05, 0.1) is 39.1 Å². The zero-order valence-electron chi connectivity index (χ0n) is 20.0. The topological polar surface area (TPSA) is 46.2 Å². The standard InChI is InChI=1S/C30H34O5/c1-2-18-32-29-19-27(33-21-25-14-8-4-9-15-25)30(34-22-26-16-10-5-11-17-26)28(35-29)23-31-20-24-12-6-3-7-13-24/h2-17,27-30H,1,18-23H2/t27-,28-,29-,30+/m1/s1. The van der Waals surface area contributed by atoms with Crippen LogP contribution in [0.15, 0.2) is 104 Å². The van der Waals surface area contributed by atoms with Gasteiger partial charge in [-0.3, -0.25) is 0 Å². The molecule has 0 N–H and O–H groups in total. The highest BCUT2D eigenvalue weighted by atomic mass is 16.7. The monoisotopic (exact) mass is 474 g/mol. The van der Waals surface area contributed by atoms with Gasteiger partial charge in [-0.05, 0) is 16.7 Å². The number of hydrogen-bond donors (Lipinski definition) is 0. The van der Waals surface area contributed by atoms with E-state index < -0.39 is 6.29 Å². The second-order valence-corrected chi connectivity index (χ2v) is 8.56. The van der Waals surface area contributed by atoms with Gasteiger partial charge in [0.2, 0.25) is 0 Å². The Morgan fingerprint density at radius 1 is 0.714 bits per heavy atom. The molecule has 5 nitrogen and oxygen atoms in total. The lowest BCUT2D eigenvalue weighted by Crippen LogP contribution is -2.53. The molecule has 3 aromatic carbocycles. The fraction of sp³-hybridized carbons (Fsp3) is 0.333. The Balaban J connectivity index is 1.47. The van der Waals surface area contributed by atoms with E-state index >= 15 is 0 Å². The lowest BCUT2D eigenvalue weighted by Gasteiger charge is -2.41. The molecule has 1 aliphatic heterocycles. The predicted octanol–water partition coefficient (Wildman–Crippen LogP) is 5.69. The number of rotatable bonds is 13. The summed E-state index contributed by atoms with van der Waals surface area (Å²) in [6.45, 7) is 5.99. The number of benzene rings is 3. The fourth-order valence-corrected chi connectivity index (χ4v) is 4.10. The second-order valence-electron chi connectivity index (χ2n) is 8.56. The van der Waals surface area contributed by atoms with Crippen LogP contribution < -0.4 is 0 Å². The van der Waals surface area contributed by atoms with Crippen molar-refractivity contribution in [3.05, 3.63) is 120 Å². The maximum absolute atomic E-state index is 6.43. The van der Waals surface area contributed by atoms with E-state index in [1.54, 1.807) is 6.08 Å². The second kappa shape index (κ2) is 13.9. The highest BCUT2D eigenvalue weighted by Crippen LogP contribution is 2.28. The molecule has 4 atom stereocenters. The number of hydrogen-bond acceptors (Lipinski definition) is 5. The molecule has 1 saturated heterocycles. The van der Waals surface area contributed by atoms with Crippen LogP contribution in [0.3, 0.4) is 0 Å². The van der Waals surface area contributed by atoms with Crippen molar-refractivity contribution in [3.63, 3.8) is 0 Å². The molecule has 35 heavy (non-hydrogen) atoms. The molecule has 1 heterocycles. The van der Waals surface area contributed by atoms with Crippen LogP contribution in [-0.4, -0.2) is 37.8 Å². The van der Waals surface area contributed by atoms with E-state index in [-0.39, 0.29) is 18.3 Å². The van der Waals surface area contributed by atoms with Crippen molar-refractivity contribution in [2.45, 2.75) is 50.8 Å². The summed E-state index contributed by atoms with van der Waals surface area (Å²) in [5.74, 6) is 0. The van der Waals surface area contributed by atoms with E-state index in [9.17, 15) is 0 Å². The van der Waals surface area contributed by atoms with Crippen LogP contribution in [0, 0.1) is 0 Å². The van der Waals surface area contributed by atoms with Crippen LogP contribution >= 0.6 is 0 Å². The summed E-state index contributed by atoms with van der Waals surface area (Å²) < 4.78 is 31.1. The third-order valence-electron chi connectivity index (χ3n) is 5.87. The zero-order chi connectivity index (χ0) is 24.1. The Hall–Kier alpha value is -2.80. The fourth-order valence-electron chi connectivity index (χ4n) is 4.10. The Morgan fingerprint density at radius 2 is 1.26 bits per heavy atom. The minimum atomic E-state index is -0.421. The van der Waals surface area contributed by atoms with Crippen molar-refractivity contribution in [1.29, 1.82) is 0 Å². The Labute approximate surface area is 208 Å². The molecule has 184 valence electrons. The Morgan fingerprint density at radius 3 is 1.83 bits per heavy atom. The van der Waals surface area contributed by atoms with Crippen LogP contribution in [-0.2, 0) is 43.5 Å². The summed E-state index contributed by atoms with van der Waals surface area (Å²) in [6, 6.07) is 30.4. The minimum absolute atomic E-state index is 0.215. The van der Waals surface area contributed by atoms with Gasteiger partial charge in [0.1, 0.15) is 12.2 Å². The first-order chi connectivity index (χ1) is 17.3. The number of ether oxygens (including phenoxy) is 5. The first-order valence-corrected chi connectivity index (χ1v) is 12.1. The van der Waals surface area contributed by atoms with Gasteiger partial charge >= 0.3 is 0 Å². The van der Waals surface area contributed by atoms with Crippen molar-refractivity contribution in [1.82, 2.24) is 0 Å². The average Bonchev–Trinajstić information content (AvgIpc) is 2.92. The van der Waals surface area contributed by atoms with Crippen molar-refractivity contribution in [3.8, 4) is 0 Å². The Bertz CT molecular complexity index is 979. The Kier molecular flexibility index (Phi) is 10.1. The van der Waals surface area contributed by atoms with E-state index in [2.05, 4.69) is 30.8 Å². The molecule has 0 aliphatic carbocycles. The van der Waals surface area contributed by atoms with E-state index in [1.807, 2.05) is 66.7 Å². The van der Waals surface area contributed by atoms with Gasteiger partial charge in [0.15, 0.2) is 6.29 Å². The van der Waals surface area contributed by atoms with E-state index in [4.69, 9.17) is 23.7 Å². The average molecular weight is 475 g/mol. The third kappa shape index (κ3) is 8.13. The van der Waals surface area contributed by atoms with Gasteiger partial charge < -0.3 is 23.7 Å². The van der Waals surface area contributed by atoms with Crippen LogP contribution in [0.4, 0.5) is 0 Å². The largest absolute Gasteiger partial charge is 0.374 e. The molecule has 0 saturated carbocycles. The molecule has 0 unspecified atom stereocenters. The van der Waals surface area contributed by atoms with E-state index in [1.165, 1.54) is 0 Å². The molecular formula is C30H34O5. The van der Waals surface area contributed by atoms with Crippen molar-refractivity contribution in [2.75, 3.05) is 13.2 Å². The van der Waals surface area contributed by atoms with Gasteiger partial charge in [0.25, 0.3) is 0 Å².